The van der Waals surface area contributed by atoms with E-state index in [1.807, 2.05) is 140 Å². The van der Waals surface area contributed by atoms with Gasteiger partial charge in [-0.2, -0.15) is 0 Å². The summed E-state index contributed by atoms with van der Waals surface area (Å²) in [5, 5.41) is 10.1. The summed E-state index contributed by atoms with van der Waals surface area (Å²) in [6, 6.07) is 142. The molecule has 26 rings (SSSR count). The molecule has 0 saturated heterocycles. The summed E-state index contributed by atoms with van der Waals surface area (Å²) in [6.07, 6.45) is 0. The predicted octanol–water partition coefficient (Wildman–Crippen LogP) is 31.9. The number of para-hydroxylation sites is 3. The molecule has 0 aliphatic carbocycles. The predicted molar refractivity (Wildman–Crippen MR) is 554 cm³/mol. The minimum Gasteiger partial charge on any atom is -0.236 e. The largest absolute Gasteiger partial charge is 0.236 e. The SMILES string of the molecule is c1ccc(-c2ccc(-c3nc(-c4ccccc4)nc(-c4cccc5sc6cccc(-c7nc8ccccc8s7)c6c45)n3)cc2)cc1.c1ccc(-c2cccc(-c3nc(-c4ccccc4)nc(-c4cccc5sc6cccc(-c7nc8ccccc8s7)c6c45)n3)c2)cc1.c1ccc(-c2nc(-c3ccccc3)nc(-c3cccc4sc5cccc(-c6nc7ccccc7s6)c5c34)n2)cc1. The van der Waals surface area contributed by atoms with Crippen LogP contribution in [0.1, 0.15) is 0 Å². The molecule has 132 heavy (non-hydrogen) atoms. The summed E-state index contributed by atoms with van der Waals surface area (Å²) in [6.45, 7) is 0. The lowest BCUT2D eigenvalue weighted by Gasteiger charge is -2.11. The first kappa shape index (κ1) is 79.5. The smallest absolute Gasteiger partial charge is 0.164 e. The number of thiazole rings is 3. The fraction of sp³-hybridized carbons (Fsp3) is 0. The van der Waals surface area contributed by atoms with Crippen LogP contribution in [0.25, 0.3) is 248 Å². The van der Waals surface area contributed by atoms with E-state index in [0.717, 1.165) is 131 Å². The second-order valence-corrected chi connectivity index (χ2v) is 38.0. The molecule has 0 saturated carbocycles. The van der Waals surface area contributed by atoms with Crippen molar-refractivity contribution in [2.24, 2.45) is 0 Å². The Morgan fingerprint density at radius 1 is 0.121 bits per heavy atom. The molecule has 0 fully saturated rings. The van der Waals surface area contributed by atoms with Crippen molar-refractivity contribution in [1.29, 1.82) is 0 Å². The Hall–Kier alpha value is -15.9. The average molecular weight is 1800 g/mol. The highest BCUT2D eigenvalue weighted by Gasteiger charge is 2.26. The van der Waals surface area contributed by atoms with Crippen molar-refractivity contribution in [3.8, 4) is 156 Å². The minimum absolute atomic E-state index is 0.643. The molecule has 0 radical (unpaired) electrons. The van der Waals surface area contributed by atoms with Crippen LogP contribution in [0.5, 0.6) is 0 Å². The molecule has 0 aliphatic rings. The van der Waals surface area contributed by atoms with E-state index >= 15 is 0 Å². The van der Waals surface area contributed by atoms with Gasteiger partial charge in [0.15, 0.2) is 52.4 Å². The van der Waals surface area contributed by atoms with Crippen molar-refractivity contribution >= 4 is 159 Å². The van der Waals surface area contributed by atoms with E-state index in [0.29, 0.717) is 52.4 Å². The zero-order chi connectivity index (χ0) is 87.4. The summed E-state index contributed by atoms with van der Waals surface area (Å²) in [7, 11) is 0. The summed E-state index contributed by atoms with van der Waals surface area (Å²) in [5.74, 6) is 5.87. The van der Waals surface area contributed by atoms with Crippen molar-refractivity contribution in [3.63, 3.8) is 0 Å². The van der Waals surface area contributed by atoms with Gasteiger partial charge < -0.3 is 0 Å². The maximum Gasteiger partial charge on any atom is 0.164 e. The highest BCUT2D eigenvalue weighted by atomic mass is 32.1. The number of rotatable bonds is 14. The maximum atomic E-state index is 5.18. The van der Waals surface area contributed by atoms with Crippen LogP contribution in [-0.2, 0) is 0 Å². The molecule has 0 unspecified atom stereocenters. The lowest BCUT2D eigenvalue weighted by Crippen LogP contribution is -2.00. The van der Waals surface area contributed by atoms with Crippen molar-refractivity contribution in [3.05, 3.63) is 413 Å². The van der Waals surface area contributed by atoms with Gasteiger partial charge in [-0.25, -0.2) is 59.8 Å². The van der Waals surface area contributed by atoms with Gasteiger partial charge in [0.2, 0.25) is 0 Å². The van der Waals surface area contributed by atoms with Crippen LogP contribution < -0.4 is 0 Å². The standard InChI is InChI=1S/2C40H24N4S2.C34H20N4S2/c1-3-12-25(13-4-1)27-16-9-17-28(24-27)38-42-37(26-14-5-2-6-15-26)43-39(44-38)29-18-10-22-33-35(29)36-30(19-11-23-34(36)45-33)40-41-31-20-7-8-21-32(31)46-40;1-3-11-25(12-4-1)26-21-23-28(24-22-26)38-42-37(27-13-5-2-6-14-27)43-39(44-38)29-15-9-19-33-35(29)36-30(16-10-20-34(36)45-33)40-41-31-17-7-8-18-32(31)46-40;1-3-11-21(12-4-1)31-36-32(22-13-5-2-6-14-22)38-33(37-31)23-15-9-19-27-29(23)30-24(16-10-20-28(30)39-27)34-35-25-17-7-8-18-26(25)40-34/h2*1-24H;1-20H. The monoisotopic (exact) mass is 1800 g/mol. The van der Waals surface area contributed by atoms with E-state index in [1.54, 1.807) is 68.0 Å². The highest BCUT2D eigenvalue weighted by molar-refractivity contribution is 7.27. The average Bonchev–Trinajstić information content (AvgIpc) is 1.61. The topological polar surface area (TPSA) is 155 Å². The molecule has 620 valence electrons. The van der Waals surface area contributed by atoms with Gasteiger partial charge in [-0.3, -0.25) is 0 Å². The zero-order valence-electron chi connectivity index (χ0n) is 70.1. The fourth-order valence-corrected chi connectivity index (χ4v) is 23.6. The number of nitrogens with zero attached hydrogens (tertiary/aromatic N) is 12. The molecule has 12 nitrogen and oxygen atoms in total. The van der Waals surface area contributed by atoms with Crippen LogP contribution in [0.15, 0.2) is 413 Å². The third-order valence-corrected chi connectivity index (χ3v) is 29.9. The summed E-state index contributed by atoms with van der Waals surface area (Å²) in [4.78, 5) is 60.6. The summed E-state index contributed by atoms with van der Waals surface area (Å²) in [5.41, 5.74) is 19.7. The van der Waals surface area contributed by atoms with E-state index in [2.05, 4.69) is 273 Å². The molecule has 9 aromatic heterocycles. The first-order valence-corrected chi connectivity index (χ1v) is 48.0. The Labute approximate surface area is 781 Å². The van der Waals surface area contributed by atoms with Gasteiger partial charge in [-0.1, -0.05) is 334 Å². The first-order valence-electron chi connectivity index (χ1n) is 43.1. The number of hydrogen-bond acceptors (Lipinski definition) is 18. The maximum absolute atomic E-state index is 5.18. The molecule has 0 aliphatic heterocycles. The Bertz CT molecular complexity index is 8690. The Balaban J connectivity index is 0.000000110. The second-order valence-electron chi connectivity index (χ2n) is 31.6. The second kappa shape index (κ2) is 34.6. The van der Waals surface area contributed by atoms with Gasteiger partial charge in [0.25, 0.3) is 0 Å². The van der Waals surface area contributed by atoms with E-state index in [1.165, 1.54) is 64.0 Å². The van der Waals surface area contributed by atoms with Crippen LogP contribution in [0.4, 0.5) is 0 Å². The normalized spacial score (nSPS) is 11.5. The molecule has 9 heterocycles. The van der Waals surface area contributed by atoms with E-state index in [4.69, 9.17) is 59.8 Å². The molecule has 17 aromatic carbocycles. The van der Waals surface area contributed by atoms with Gasteiger partial charge in [-0.15, -0.1) is 68.0 Å². The van der Waals surface area contributed by atoms with Gasteiger partial charge in [0.1, 0.15) is 15.0 Å². The van der Waals surface area contributed by atoms with Gasteiger partial charge >= 0.3 is 0 Å². The molecule has 0 atom stereocenters. The number of benzene rings is 17. The molecule has 0 amide bonds. The van der Waals surface area contributed by atoms with E-state index < -0.39 is 0 Å². The van der Waals surface area contributed by atoms with Crippen LogP contribution in [0.2, 0.25) is 0 Å². The third-order valence-electron chi connectivity index (χ3n) is 23.4. The molecule has 18 heteroatoms. The van der Waals surface area contributed by atoms with Crippen molar-refractivity contribution in [1.82, 2.24) is 59.8 Å². The lowest BCUT2D eigenvalue weighted by atomic mass is 10.0. The van der Waals surface area contributed by atoms with Crippen molar-refractivity contribution < 1.29 is 0 Å². The summed E-state index contributed by atoms with van der Waals surface area (Å²) < 4.78 is 10.8. The zero-order valence-corrected chi connectivity index (χ0v) is 75.0. The third kappa shape index (κ3) is 15.3. The van der Waals surface area contributed by atoms with E-state index in [-0.39, 0.29) is 0 Å². The van der Waals surface area contributed by atoms with Crippen LogP contribution in [0, 0.1) is 0 Å². The molecule has 0 spiro atoms. The highest BCUT2D eigenvalue weighted by Crippen LogP contribution is 2.50. The minimum atomic E-state index is 0.643. The summed E-state index contributed by atoms with van der Waals surface area (Å²) >= 11 is 10.6. The Morgan fingerprint density at radius 2 is 0.318 bits per heavy atom. The first-order chi connectivity index (χ1) is 65.4. The molecular weight excluding hydrogens is 1730 g/mol. The Kier molecular flexibility index (Phi) is 20.8. The van der Waals surface area contributed by atoms with Crippen molar-refractivity contribution in [2.75, 3.05) is 0 Å². The van der Waals surface area contributed by atoms with Gasteiger partial charge in [-0.05, 0) is 101 Å². The van der Waals surface area contributed by atoms with E-state index in [9.17, 15) is 0 Å². The van der Waals surface area contributed by atoms with Crippen LogP contribution in [-0.4, -0.2) is 59.8 Å². The number of thiophene rings is 3. The van der Waals surface area contributed by atoms with Gasteiger partial charge in [0.05, 0.1) is 30.6 Å². The fourth-order valence-electron chi connectivity index (χ4n) is 17.2. The molecular formula is C114H68N12S6. The Morgan fingerprint density at radius 3 is 0.621 bits per heavy atom. The number of hydrogen-bond donors (Lipinski definition) is 0. The van der Waals surface area contributed by atoms with Crippen LogP contribution >= 0.6 is 68.0 Å². The van der Waals surface area contributed by atoms with Crippen LogP contribution in [0.3, 0.4) is 0 Å². The molecule has 0 bridgehead atoms. The molecule has 0 N–H and O–H groups in total. The quantitative estimate of drug-likeness (QED) is 0.102. The van der Waals surface area contributed by atoms with Crippen molar-refractivity contribution in [2.45, 2.75) is 0 Å². The van der Waals surface area contributed by atoms with Gasteiger partial charge in [0, 0.05) is 127 Å². The lowest BCUT2D eigenvalue weighted by molar-refractivity contribution is 1.08. The molecule has 26 aromatic rings. The number of fused-ring (bicyclic) bond motifs is 12. The number of aromatic nitrogens is 12.